The zero-order valence-corrected chi connectivity index (χ0v) is 12.8. The first-order chi connectivity index (χ1) is 10.1. The van der Waals surface area contributed by atoms with Crippen molar-refractivity contribution in [2.45, 2.75) is 64.0 Å². The van der Waals surface area contributed by atoms with Crippen molar-refractivity contribution < 1.29 is 5.11 Å². The van der Waals surface area contributed by atoms with Gasteiger partial charge < -0.3 is 15.4 Å². The molecule has 0 aromatic carbocycles. The van der Waals surface area contributed by atoms with Gasteiger partial charge >= 0.3 is 0 Å². The average Bonchev–Trinajstić information content (AvgIpc) is 2.94. The van der Waals surface area contributed by atoms with E-state index in [2.05, 4.69) is 34.1 Å². The standard InChI is InChI=1S/C16H24N4O/c1-3-11-9-17-14-13(11)15(19-10-18-14)20-12-5-7-16(21,4-2)8-6-12/h9-10,12,21H,3-8H2,1-2H3,(H2,17,18,19,20). The van der Waals surface area contributed by atoms with Crippen LogP contribution in [0.3, 0.4) is 0 Å². The molecule has 0 radical (unpaired) electrons. The van der Waals surface area contributed by atoms with Gasteiger partial charge in [0.2, 0.25) is 0 Å². The van der Waals surface area contributed by atoms with Crippen LogP contribution < -0.4 is 5.32 Å². The summed E-state index contributed by atoms with van der Waals surface area (Å²) in [6.07, 6.45) is 9.13. The molecule has 1 fully saturated rings. The Morgan fingerprint density at radius 3 is 2.76 bits per heavy atom. The summed E-state index contributed by atoms with van der Waals surface area (Å²) in [5, 5.41) is 15.0. The highest BCUT2D eigenvalue weighted by molar-refractivity contribution is 5.90. The van der Waals surface area contributed by atoms with E-state index in [4.69, 9.17) is 0 Å². The van der Waals surface area contributed by atoms with Gasteiger partial charge in [0.25, 0.3) is 0 Å². The van der Waals surface area contributed by atoms with E-state index in [9.17, 15) is 5.11 Å². The average molecular weight is 288 g/mol. The van der Waals surface area contributed by atoms with Crippen LogP contribution in [0.2, 0.25) is 0 Å². The number of aromatic nitrogens is 3. The first-order valence-electron chi connectivity index (χ1n) is 7.95. The molecule has 0 saturated heterocycles. The molecule has 5 nitrogen and oxygen atoms in total. The summed E-state index contributed by atoms with van der Waals surface area (Å²) in [7, 11) is 0. The Labute approximate surface area is 125 Å². The fourth-order valence-corrected chi connectivity index (χ4v) is 3.26. The van der Waals surface area contributed by atoms with E-state index in [1.54, 1.807) is 6.33 Å². The molecule has 2 aromatic heterocycles. The van der Waals surface area contributed by atoms with Crippen molar-refractivity contribution in [1.82, 2.24) is 15.0 Å². The van der Waals surface area contributed by atoms with Gasteiger partial charge in [-0.2, -0.15) is 0 Å². The summed E-state index contributed by atoms with van der Waals surface area (Å²) in [5.74, 6) is 0.921. The number of hydrogen-bond donors (Lipinski definition) is 3. The first kappa shape index (κ1) is 14.3. The van der Waals surface area contributed by atoms with Gasteiger partial charge in [0, 0.05) is 12.2 Å². The van der Waals surface area contributed by atoms with Crippen molar-refractivity contribution in [2.24, 2.45) is 0 Å². The van der Waals surface area contributed by atoms with E-state index in [1.807, 2.05) is 6.20 Å². The van der Waals surface area contributed by atoms with Gasteiger partial charge in [0.15, 0.2) is 0 Å². The zero-order chi connectivity index (χ0) is 14.9. The second kappa shape index (κ2) is 5.64. The maximum Gasteiger partial charge on any atom is 0.143 e. The molecule has 114 valence electrons. The highest BCUT2D eigenvalue weighted by Gasteiger charge is 2.31. The predicted octanol–water partition coefficient (Wildman–Crippen LogP) is 3.02. The molecule has 2 aromatic rings. The van der Waals surface area contributed by atoms with Crippen molar-refractivity contribution in [3.05, 3.63) is 18.1 Å². The van der Waals surface area contributed by atoms with Gasteiger partial charge in [0.05, 0.1) is 11.0 Å². The van der Waals surface area contributed by atoms with Gasteiger partial charge in [-0.15, -0.1) is 0 Å². The second-order valence-electron chi connectivity index (χ2n) is 6.11. The van der Waals surface area contributed by atoms with E-state index >= 15 is 0 Å². The fourth-order valence-electron chi connectivity index (χ4n) is 3.26. The van der Waals surface area contributed by atoms with Crippen molar-refractivity contribution in [3.8, 4) is 0 Å². The molecule has 2 heterocycles. The number of nitrogens with one attached hydrogen (secondary N) is 2. The Hall–Kier alpha value is -1.62. The number of H-pyrrole nitrogens is 1. The molecule has 3 N–H and O–H groups in total. The van der Waals surface area contributed by atoms with Gasteiger partial charge in [-0.1, -0.05) is 13.8 Å². The highest BCUT2D eigenvalue weighted by atomic mass is 16.3. The molecule has 1 aliphatic carbocycles. The van der Waals surface area contributed by atoms with E-state index < -0.39 is 5.60 Å². The van der Waals surface area contributed by atoms with Crippen LogP contribution in [0.5, 0.6) is 0 Å². The predicted molar refractivity (Wildman–Crippen MR) is 84.4 cm³/mol. The number of aliphatic hydroxyl groups is 1. The van der Waals surface area contributed by atoms with Crippen molar-refractivity contribution >= 4 is 16.9 Å². The van der Waals surface area contributed by atoms with Gasteiger partial charge in [0.1, 0.15) is 17.8 Å². The smallest absolute Gasteiger partial charge is 0.143 e. The Morgan fingerprint density at radius 1 is 1.33 bits per heavy atom. The summed E-state index contributed by atoms with van der Waals surface area (Å²) in [6, 6.07) is 0.384. The van der Waals surface area contributed by atoms with Crippen LogP contribution in [-0.4, -0.2) is 31.7 Å². The molecule has 0 bridgehead atoms. The third-order valence-electron chi connectivity index (χ3n) is 4.85. The number of nitrogens with zero attached hydrogens (tertiary/aromatic N) is 2. The van der Waals surface area contributed by atoms with Crippen LogP contribution in [0.1, 0.15) is 51.5 Å². The lowest BCUT2D eigenvalue weighted by atomic mass is 9.80. The topological polar surface area (TPSA) is 73.8 Å². The fraction of sp³-hybridized carbons (Fsp3) is 0.625. The minimum atomic E-state index is -0.457. The molecule has 1 saturated carbocycles. The number of aryl methyl sites for hydroxylation is 1. The molecule has 0 unspecified atom stereocenters. The van der Waals surface area contributed by atoms with Crippen molar-refractivity contribution in [1.29, 1.82) is 0 Å². The quantitative estimate of drug-likeness (QED) is 0.808. The number of fused-ring (bicyclic) bond motifs is 1. The molecule has 0 amide bonds. The van der Waals surface area contributed by atoms with Crippen molar-refractivity contribution in [3.63, 3.8) is 0 Å². The van der Waals surface area contributed by atoms with Gasteiger partial charge in [-0.05, 0) is 44.1 Å². The Bertz CT molecular complexity index is 614. The lowest BCUT2D eigenvalue weighted by Crippen LogP contribution is -2.37. The van der Waals surface area contributed by atoms with E-state index in [1.165, 1.54) is 5.56 Å². The maximum absolute atomic E-state index is 10.3. The monoisotopic (exact) mass is 288 g/mol. The minimum absolute atomic E-state index is 0.384. The summed E-state index contributed by atoms with van der Waals surface area (Å²) in [4.78, 5) is 11.9. The maximum atomic E-state index is 10.3. The summed E-state index contributed by atoms with van der Waals surface area (Å²) < 4.78 is 0. The normalized spacial score (nSPS) is 26.1. The highest BCUT2D eigenvalue weighted by Crippen LogP contribution is 2.33. The molecule has 1 aliphatic rings. The Balaban J connectivity index is 1.78. The molecular weight excluding hydrogens is 264 g/mol. The number of rotatable bonds is 4. The van der Waals surface area contributed by atoms with Gasteiger partial charge in [-0.25, -0.2) is 9.97 Å². The third-order valence-corrected chi connectivity index (χ3v) is 4.85. The number of hydrogen-bond acceptors (Lipinski definition) is 4. The van der Waals surface area contributed by atoms with Crippen LogP contribution in [0.25, 0.3) is 11.0 Å². The summed E-state index contributed by atoms with van der Waals surface area (Å²) in [5.41, 5.74) is 1.68. The van der Waals surface area contributed by atoms with Crippen molar-refractivity contribution in [2.75, 3.05) is 5.32 Å². The summed E-state index contributed by atoms with van der Waals surface area (Å²) >= 11 is 0. The van der Waals surface area contributed by atoms with E-state index in [0.29, 0.717) is 6.04 Å². The second-order valence-corrected chi connectivity index (χ2v) is 6.11. The van der Waals surface area contributed by atoms with Crippen LogP contribution in [0, 0.1) is 0 Å². The summed E-state index contributed by atoms with van der Waals surface area (Å²) in [6.45, 7) is 4.20. The molecule has 5 heteroatoms. The Kier molecular flexibility index (Phi) is 3.85. The molecular formula is C16H24N4O. The molecule has 21 heavy (non-hydrogen) atoms. The number of anilines is 1. The largest absolute Gasteiger partial charge is 0.390 e. The SMILES string of the molecule is CCc1c[nH]c2ncnc(NC3CCC(O)(CC)CC3)c12. The number of aromatic amines is 1. The molecule has 0 atom stereocenters. The van der Waals surface area contributed by atoms with Gasteiger partial charge in [-0.3, -0.25) is 0 Å². The van der Waals surface area contributed by atoms with Crippen LogP contribution in [0.15, 0.2) is 12.5 Å². The molecule has 3 rings (SSSR count). The van der Waals surface area contributed by atoms with Crippen LogP contribution in [0.4, 0.5) is 5.82 Å². The van der Waals surface area contributed by atoms with Crippen LogP contribution in [-0.2, 0) is 6.42 Å². The Morgan fingerprint density at radius 2 is 2.10 bits per heavy atom. The minimum Gasteiger partial charge on any atom is -0.390 e. The molecule has 0 aliphatic heterocycles. The zero-order valence-electron chi connectivity index (χ0n) is 12.8. The van der Waals surface area contributed by atoms with E-state index in [0.717, 1.165) is 55.4 Å². The lowest BCUT2D eigenvalue weighted by Gasteiger charge is -2.35. The molecule has 0 spiro atoms. The van der Waals surface area contributed by atoms with E-state index in [-0.39, 0.29) is 0 Å². The first-order valence-corrected chi connectivity index (χ1v) is 7.95. The lowest BCUT2D eigenvalue weighted by molar-refractivity contribution is -0.00194. The van der Waals surface area contributed by atoms with Crippen LogP contribution >= 0.6 is 0 Å². The third kappa shape index (κ3) is 2.75.